The minimum Gasteiger partial charge on any atom is -0.378 e. The first-order chi connectivity index (χ1) is 20.8. The first-order valence-corrected chi connectivity index (χ1v) is 15.1. The van der Waals surface area contributed by atoms with Crippen molar-refractivity contribution in [3.05, 3.63) is 125 Å². The molecule has 0 unspecified atom stereocenters. The Morgan fingerprint density at radius 2 is 1.17 bits per heavy atom. The predicted molar refractivity (Wildman–Crippen MR) is 174 cm³/mol. The summed E-state index contributed by atoms with van der Waals surface area (Å²) in [5, 5.41) is 0. The Balaban J connectivity index is 1.40. The van der Waals surface area contributed by atoms with Crippen LogP contribution in [0.3, 0.4) is 0 Å². The van der Waals surface area contributed by atoms with Gasteiger partial charge in [-0.2, -0.15) is 0 Å². The van der Waals surface area contributed by atoms with Crippen molar-refractivity contribution in [2.45, 2.75) is 19.3 Å². The number of hydrogen-bond donors (Lipinski definition) is 0. The maximum absolute atomic E-state index is 5.57. The predicted octanol–water partition coefficient (Wildman–Crippen LogP) is 7.33. The molecule has 5 heteroatoms. The highest BCUT2D eigenvalue weighted by molar-refractivity contribution is 5.91. The van der Waals surface area contributed by atoms with E-state index in [-0.39, 0.29) is 5.92 Å². The minimum atomic E-state index is 0.0334. The molecule has 2 aliphatic heterocycles. The summed E-state index contributed by atoms with van der Waals surface area (Å²) >= 11 is 0. The summed E-state index contributed by atoms with van der Waals surface area (Å²) in [4.78, 5) is 9.78. The fraction of sp³-hybridized carbons (Fsp3) is 0.297. The average Bonchev–Trinajstić information content (AvgIpc) is 3.08. The zero-order chi connectivity index (χ0) is 28.6. The van der Waals surface area contributed by atoms with Gasteiger partial charge in [-0.3, -0.25) is 0 Å². The molecule has 5 nitrogen and oxygen atoms in total. The fourth-order valence-electron chi connectivity index (χ4n) is 5.90. The quantitative estimate of drug-likeness (QED) is 0.168. The van der Waals surface area contributed by atoms with Crippen molar-refractivity contribution < 1.29 is 9.47 Å². The number of rotatable bonds is 8. The monoisotopic (exact) mass is 557 g/mol. The number of ether oxygens (including phenoxy) is 2. The molecule has 6 rings (SSSR count). The van der Waals surface area contributed by atoms with Crippen molar-refractivity contribution in [3.63, 3.8) is 0 Å². The molecule has 0 aromatic heterocycles. The lowest BCUT2D eigenvalue weighted by molar-refractivity contribution is 0.122. The molecule has 0 N–H and O–H groups in total. The van der Waals surface area contributed by atoms with Crippen molar-refractivity contribution in [2.24, 2.45) is 4.99 Å². The molecule has 2 fully saturated rings. The van der Waals surface area contributed by atoms with Gasteiger partial charge in [0.15, 0.2) is 0 Å². The summed E-state index contributed by atoms with van der Waals surface area (Å²) < 4.78 is 11.1. The zero-order valence-electron chi connectivity index (χ0n) is 24.4. The van der Waals surface area contributed by atoms with Crippen LogP contribution in [0.25, 0.3) is 5.57 Å². The van der Waals surface area contributed by atoms with Crippen LogP contribution in [0.5, 0.6) is 0 Å². The van der Waals surface area contributed by atoms with Crippen molar-refractivity contribution in [1.82, 2.24) is 0 Å². The van der Waals surface area contributed by atoms with Gasteiger partial charge in [0.1, 0.15) is 0 Å². The van der Waals surface area contributed by atoms with Crippen LogP contribution < -0.4 is 9.80 Å². The number of hydrogen-bond acceptors (Lipinski definition) is 5. The lowest BCUT2D eigenvalue weighted by Gasteiger charge is -2.30. The van der Waals surface area contributed by atoms with Crippen molar-refractivity contribution >= 4 is 28.5 Å². The van der Waals surface area contributed by atoms with E-state index in [0.717, 1.165) is 75.9 Å². The first kappa shape index (κ1) is 28.0. The Labute approximate surface area is 249 Å². The number of benzene rings is 4. The highest BCUT2D eigenvalue weighted by atomic mass is 16.5. The van der Waals surface area contributed by atoms with Crippen LogP contribution in [0.15, 0.2) is 108 Å². The summed E-state index contributed by atoms with van der Waals surface area (Å²) in [6, 6.07) is 37.1. The average molecular weight is 558 g/mol. The van der Waals surface area contributed by atoms with Gasteiger partial charge in [-0.1, -0.05) is 79.7 Å². The molecular formula is C37H39N3O2. The number of para-hydroxylation sites is 1. The molecule has 0 amide bonds. The van der Waals surface area contributed by atoms with Crippen LogP contribution in [-0.2, 0) is 9.47 Å². The van der Waals surface area contributed by atoms with E-state index in [1.165, 1.54) is 28.1 Å². The molecule has 0 aliphatic carbocycles. The largest absolute Gasteiger partial charge is 0.378 e. The number of aliphatic imine (C=N–C) groups is 1. The molecule has 4 aromatic carbocycles. The van der Waals surface area contributed by atoms with Gasteiger partial charge < -0.3 is 19.3 Å². The van der Waals surface area contributed by atoms with E-state index in [1.807, 2.05) is 6.07 Å². The molecule has 4 aromatic rings. The molecule has 42 heavy (non-hydrogen) atoms. The Bertz CT molecular complexity index is 1440. The summed E-state index contributed by atoms with van der Waals surface area (Å²) in [5.74, 6) is 3.44. The molecule has 2 aliphatic rings. The van der Waals surface area contributed by atoms with E-state index in [9.17, 15) is 0 Å². The van der Waals surface area contributed by atoms with E-state index >= 15 is 0 Å². The molecular weight excluding hydrogens is 518 g/mol. The van der Waals surface area contributed by atoms with Crippen molar-refractivity contribution in [3.8, 4) is 0 Å². The van der Waals surface area contributed by atoms with E-state index in [1.54, 1.807) is 0 Å². The fourth-order valence-corrected chi connectivity index (χ4v) is 5.90. The van der Waals surface area contributed by atoms with Gasteiger partial charge in [0.2, 0.25) is 0 Å². The zero-order valence-corrected chi connectivity index (χ0v) is 24.4. The maximum Gasteiger partial charge on any atom is 0.0771 e. The van der Waals surface area contributed by atoms with E-state index in [0.29, 0.717) is 0 Å². The molecule has 214 valence electrons. The van der Waals surface area contributed by atoms with Gasteiger partial charge in [-0.15, -0.1) is 0 Å². The minimum absolute atomic E-state index is 0.0334. The van der Waals surface area contributed by atoms with Crippen LogP contribution in [0.2, 0.25) is 0 Å². The highest BCUT2D eigenvalue weighted by Gasteiger charge is 2.21. The third kappa shape index (κ3) is 6.50. The maximum atomic E-state index is 5.57. The Kier molecular flexibility index (Phi) is 9.11. The second kappa shape index (κ2) is 13.7. The van der Waals surface area contributed by atoms with Crippen LogP contribution in [0.4, 0.5) is 17.1 Å². The molecule has 2 heterocycles. The first-order valence-electron chi connectivity index (χ1n) is 15.1. The summed E-state index contributed by atoms with van der Waals surface area (Å²) in [6.45, 7) is 8.99. The van der Waals surface area contributed by atoms with Crippen LogP contribution >= 0.6 is 0 Å². The van der Waals surface area contributed by atoms with Gasteiger partial charge in [-0.05, 0) is 64.9 Å². The molecule has 2 saturated heterocycles. The second-order valence-electron chi connectivity index (χ2n) is 10.8. The Hall–Kier alpha value is -4.15. The standard InChI is InChI=1S/C37H39N3O2/c1-2-29(30-8-4-3-5-9-30)28-38-36-11-7-6-10-35(36)37(31-12-16-33(17-13-31)39-20-24-41-25-21-39)32-14-18-34(19-15-32)40-22-26-42-27-23-40/h3-19,37H,2,20-27H2,1H3. The normalized spacial score (nSPS) is 15.4. The molecule has 0 radical (unpaired) electrons. The van der Waals surface area contributed by atoms with Gasteiger partial charge in [0.25, 0.3) is 0 Å². The Morgan fingerprint density at radius 1 is 0.667 bits per heavy atom. The van der Waals surface area contributed by atoms with Crippen LogP contribution in [0, 0.1) is 0 Å². The van der Waals surface area contributed by atoms with Crippen molar-refractivity contribution in [2.75, 3.05) is 62.4 Å². The number of nitrogens with zero attached hydrogens (tertiary/aromatic N) is 3. The summed E-state index contributed by atoms with van der Waals surface area (Å²) in [6.07, 6.45) is 0.866. The van der Waals surface area contributed by atoms with Crippen LogP contribution in [-0.4, -0.2) is 58.5 Å². The highest BCUT2D eigenvalue weighted by Crippen LogP contribution is 2.38. The van der Waals surface area contributed by atoms with Gasteiger partial charge in [0.05, 0.1) is 32.1 Å². The van der Waals surface area contributed by atoms with Gasteiger partial charge in [0, 0.05) is 49.0 Å². The smallest absolute Gasteiger partial charge is 0.0771 e. The molecule has 0 saturated carbocycles. The number of allylic oxidation sites excluding steroid dienone is 1. The second-order valence-corrected chi connectivity index (χ2v) is 10.8. The molecule has 0 spiro atoms. The van der Waals surface area contributed by atoms with E-state index < -0.39 is 0 Å². The SMILES string of the molecule is CCC(=C=Nc1ccccc1C(c1ccc(N2CCOCC2)cc1)c1ccc(N2CCOCC2)cc1)c1ccccc1. The third-order valence-corrected chi connectivity index (χ3v) is 8.24. The van der Waals surface area contributed by atoms with Gasteiger partial charge >= 0.3 is 0 Å². The Morgan fingerprint density at radius 3 is 1.69 bits per heavy atom. The third-order valence-electron chi connectivity index (χ3n) is 8.24. The lowest BCUT2D eigenvalue weighted by atomic mass is 9.84. The number of anilines is 2. The molecule has 0 atom stereocenters. The summed E-state index contributed by atoms with van der Waals surface area (Å²) in [7, 11) is 0. The lowest BCUT2D eigenvalue weighted by Crippen LogP contribution is -2.36. The van der Waals surface area contributed by atoms with Crippen molar-refractivity contribution in [1.29, 1.82) is 0 Å². The van der Waals surface area contributed by atoms with E-state index in [2.05, 4.69) is 120 Å². The van der Waals surface area contributed by atoms with E-state index in [4.69, 9.17) is 14.5 Å². The van der Waals surface area contributed by atoms with Gasteiger partial charge in [-0.25, -0.2) is 4.99 Å². The number of morpholine rings is 2. The summed E-state index contributed by atoms with van der Waals surface area (Å²) in [5.41, 5.74) is 9.36. The van der Waals surface area contributed by atoms with Crippen LogP contribution in [0.1, 0.15) is 41.5 Å². The topological polar surface area (TPSA) is 37.3 Å². The molecule has 0 bridgehead atoms.